The van der Waals surface area contributed by atoms with E-state index in [9.17, 15) is 4.79 Å². The van der Waals surface area contributed by atoms with Gasteiger partial charge in [-0.1, -0.05) is 34.1 Å². The molecular weight excluding hydrogens is 178 g/mol. The summed E-state index contributed by atoms with van der Waals surface area (Å²) in [5.74, 6) is -0.197. The molecule has 0 aromatic heterocycles. The minimum atomic E-state index is -0.731. The lowest BCUT2D eigenvalue weighted by Crippen LogP contribution is -2.52. The highest BCUT2D eigenvalue weighted by atomic mass is 16.4. The van der Waals surface area contributed by atoms with Crippen molar-refractivity contribution in [1.82, 2.24) is 5.32 Å². The number of carboxylic acid groups (broad SMARTS) is 1. The van der Waals surface area contributed by atoms with E-state index in [4.69, 9.17) is 5.11 Å². The van der Waals surface area contributed by atoms with Crippen LogP contribution in [0, 0.1) is 5.92 Å². The van der Waals surface area contributed by atoms with Crippen LogP contribution in [0.25, 0.3) is 0 Å². The highest BCUT2D eigenvalue weighted by molar-refractivity contribution is 5.78. The molecule has 0 aliphatic rings. The molecule has 0 saturated heterocycles. The molecule has 0 radical (unpaired) electrons. The second-order valence-electron chi connectivity index (χ2n) is 3.99. The van der Waals surface area contributed by atoms with Crippen molar-refractivity contribution in [1.29, 1.82) is 0 Å². The molecule has 0 aromatic rings. The van der Waals surface area contributed by atoms with Gasteiger partial charge in [-0.15, -0.1) is 0 Å². The number of carboxylic acids is 1. The Labute approximate surface area is 86.9 Å². The highest BCUT2D eigenvalue weighted by Gasteiger charge is 2.34. The number of aliphatic carboxylic acids is 1. The highest BCUT2D eigenvalue weighted by Crippen LogP contribution is 2.16. The van der Waals surface area contributed by atoms with Crippen molar-refractivity contribution in [2.75, 3.05) is 6.54 Å². The van der Waals surface area contributed by atoms with E-state index in [-0.39, 0.29) is 0 Å². The quantitative estimate of drug-likeness (QED) is 0.664. The molecule has 3 heteroatoms. The maximum absolute atomic E-state index is 11.1. The smallest absolute Gasteiger partial charge is 0.323 e. The van der Waals surface area contributed by atoms with Crippen molar-refractivity contribution in [3.8, 4) is 0 Å². The summed E-state index contributed by atoms with van der Waals surface area (Å²) in [6.07, 6.45) is 2.35. The van der Waals surface area contributed by atoms with Gasteiger partial charge in [0.2, 0.25) is 0 Å². The van der Waals surface area contributed by atoms with Crippen LogP contribution in [0.4, 0.5) is 0 Å². The zero-order valence-corrected chi connectivity index (χ0v) is 9.76. The van der Waals surface area contributed by atoms with E-state index in [1.165, 1.54) is 0 Å². The van der Waals surface area contributed by atoms with Crippen LogP contribution in [-0.2, 0) is 4.79 Å². The lowest BCUT2D eigenvalue weighted by Gasteiger charge is -2.29. The minimum Gasteiger partial charge on any atom is -0.480 e. The molecule has 2 N–H and O–H groups in total. The Balaban J connectivity index is 4.29. The summed E-state index contributed by atoms with van der Waals surface area (Å²) >= 11 is 0. The minimum absolute atomic E-state index is 0.534. The van der Waals surface area contributed by atoms with Gasteiger partial charge in [-0.05, 0) is 25.3 Å². The third kappa shape index (κ3) is 3.29. The first-order valence-electron chi connectivity index (χ1n) is 5.50. The number of carbonyl (C=O) groups is 1. The molecule has 0 amide bonds. The molecular formula is C11H23NO2. The van der Waals surface area contributed by atoms with Crippen LogP contribution >= 0.6 is 0 Å². The first kappa shape index (κ1) is 13.4. The van der Waals surface area contributed by atoms with Crippen molar-refractivity contribution < 1.29 is 9.90 Å². The Morgan fingerprint density at radius 3 is 2.14 bits per heavy atom. The van der Waals surface area contributed by atoms with Crippen molar-refractivity contribution in [2.45, 2.75) is 52.5 Å². The Hall–Kier alpha value is -0.570. The molecule has 0 aliphatic carbocycles. The van der Waals surface area contributed by atoms with Crippen molar-refractivity contribution in [3.63, 3.8) is 0 Å². The second kappa shape index (κ2) is 6.02. The first-order valence-corrected chi connectivity index (χ1v) is 5.50. The van der Waals surface area contributed by atoms with Crippen LogP contribution in [0.5, 0.6) is 0 Å². The molecule has 0 rings (SSSR count). The fourth-order valence-electron chi connectivity index (χ4n) is 1.39. The Morgan fingerprint density at radius 2 is 1.86 bits per heavy atom. The van der Waals surface area contributed by atoms with E-state index in [0.29, 0.717) is 18.8 Å². The van der Waals surface area contributed by atoms with E-state index < -0.39 is 11.5 Å². The molecule has 0 saturated carbocycles. The van der Waals surface area contributed by atoms with Gasteiger partial charge in [0.1, 0.15) is 5.54 Å². The molecule has 0 bridgehead atoms. The standard InChI is InChI=1S/C11H23NO2/c1-5-9(4)8-12-11(6-2,7-3)10(13)14/h9,12H,5-8H2,1-4H3,(H,13,14). The van der Waals surface area contributed by atoms with Gasteiger partial charge in [0.05, 0.1) is 0 Å². The number of hydrogen-bond donors (Lipinski definition) is 2. The van der Waals surface area contributed by atoms with Gasteiger partial charge in [0, 0.05) is 0 Å². The molecule has 0 aromatic carbocycles. The van der Waals surface area contributed by atoms with Crippen molar-refractivity contribution in [3.05, 3.63) is 0 Å². The van der Waals surface area contributed by atoms with Gasteiger partial charge in [0.15, 0.2) is 0 Å². The maximum atomic E-state index is 11.1. The van der Waals surface area contributed by atoms with Gasteiger partial charge in [-0.25, -0.2) is 0 Å². The third-order valence-electron chi connectivity index (χ3n) is 3.10. The van der Waals surface area contributed by atoms with Gasteiger partial charge in [-0.2, -0.15) is 0 Å². The molecule has 3 nitrogen and oxygen atoms in total. The fourth-order valence-corrected chi connectivity index (χ4v) is 1.39. The summed E-state index contributed by atoms with van der Waals surface area (Å²) in [4.78, 5) is 11.1. The zero-order chi connectivity index (χ0) is 11.2. The van der Waals surface area contributed by atoms with Crippen LogP contribution in [0.2, 0.25) is 0 Å². The molecule has 0 fully saturated rings. The normalized spacial score (nSPS) is 14.0. The maximum Gasteiger partial charge on any atom is 0.323 e. The molecule has 1 unspecified atom stereocenters. The van der Waals surface area contributed by atoms with Crippen LogP contribution in [0.3, 0.4) is 0 Å². The molecule has 1 atom stereocenters. The largest absolute Gasteiger partial charge is 0.480 e. The Kier molecular flexibility index (Phi) is 5.77. The molecule has 0 heterocycles. The third-order valence-corrected chi connectivity index (χ3v) is 3.10. The molecule has 0 spiro atoms. The Morgan fingerprint density at radius 1 is 1.36 bits per heavy atom. The average molecular weight is 201 g/mol. The Bertz CT molecular complexity index is 176. The average Bonchev–Trinajstić information content (AvgIpc) is 2.19. The van der Waals surface area contributed by atoms with E-state index >= 15 is 0 Å². The SMILES string of the molecule is CCC(C)CNC(CC)(CC)C(=O)O. The summed E-state index contributed by atoms with van der Waals surface area (Å²) in [5.41, 5.74) is -0.719. The molecule has 14 heavy (non-hydrogen) atoms. The summed E-state index contributed by atoms with van der Waals surface area (Å²) < 4.78 is 0. The fraction of sp³-hybridized carbons (Fsp3) is 0.909. The van der Waals surface area contributed by atoms with Gasteiger partial charge >= 0.3 is 5.97 Å². The van der Waals surface area contributed by atoms with Gasteiger partial charge in [-0.3, -0.25) is 4.79 Å². The molecule has 0 aliphatic heterocycles. The van der Waals surface area contributed by atoms with Crippen LogP contribution < -0.4 is 5.32 Å². The zero-order valence-electron chi connectivity index (χ0n) is 9.76. The summed E-state index contributed by atoms with van der Waals surface area (Å²) in [7, 11) is 0. The molecule has 84 valence electrons. The van der Waals surface area contributed by atoms with Crippen molar-refractivity contribution >= 4 is 5.97 Å². The van der Waals surface area contributed by atoms with Crippen molar-refractivity contribution in [2.24, 2.45) is 5.92 Å². The van der Waals surface area contributed by atoms with Crippen LogP contribution in [-0.4, -0.2) is 23.2 Å². The van der Waals surface area contributed by atoms with Crippen LogP contribution in [0.1, 0.15) is 47.0 Å². The van der Waals surface area contributed by atoms with E-state index in [2.05, 4.69) is 19.2 Å². The van der Waals surface area contributed by atoms with Gasteiger partial charge < -0.3 is 10.4 Å². The van der Waals surface area contributed by atoms with E-state index in [0.717, 1.165) is 13.0 Å². The lowest BCUT2D eigenvalue weighted by molar-refractivity contribution is -0.145. The monoisotopic (exact) mass is 201 g/mol. The van der Waals surface area contributed by atoms with E-state index in [1.807, 2.05) is 13.8 Å². The number of hydrogen-bond acceptors (Lipinski definition) is 2. The summed E-state index contributed by atoms with van der Waals surface area (Å²) in [6, 6.07) is 0. The first-order chi connectivity index (χ1) is 6.52. The van der Waals surface area contributed by atoms with E-state index in [1.54, 1.807) is 0 Å². The number of rotatable bonds is 7. The van der Waals surface area contributed by atoms with Gasteiger partial charge in [0.25, 0.3) is 0 Å². The topological polar surface area (TPSA) is 49.3 Å². The lowest BCUT2D eigenvalue weighted by atomic mass is 9.92. The summed E-state index contributed by atoms with van der Waals surface area (Å²) in [6.45, 7) is 8.87. The second-order valence-corrected chi connectivity index (χ2v) is 3.99. The number of nitrogens with one attached hydrogen (secondary N) is 1. The van der Waals surface area contributed by atoms with Crippen LogP contribution in [0.15, 0.2) is 0 Å². The predicted octanol–water partition coefficient (Wildman–Crippen LogP) is 2.27. The predicted molar refractivity (Wildman–Crippen MR) is 58.4 cm³/mol. The summed E-state index contributed by atoms with van der Waals surface area (Å²) in [5, 5.41) is 12.3.